The Morgan fingerprint density at radius 3 is 2.86 bits per heavy atom. The van der Waals surface area contributed by atoms with Gasteiger partial charge in [-0.3, -0.25) is 9.78 Å². The number of carbonyl (C=O) groups is 1. The first-order chi connectivity index (χ1) is 10.2. The van der Waals surface area contributed by atoms with Gasteiger partial charge in [0.05, 0.1) is 31.7 Å². The van der Waals surface area contributed by atoms with Crippen molar-refractivity contribution in [3.63, 3.8) is 0 Å². The molecule has 1 aliphatic rings. The zero-order valence-electron chi connectivity index (χ0n) is 11.6. The zero-order chi connectivity index (χ0) is 14.7. The van der Waals surface area contributed by atoms with Crippen molar-refractivity contribution in [2.45, 2.75) is 6.54 Å². The van der Waals surface area contributed by atoms with Crippen molar-refractivity contribution in [1.82, 2.24) is 9.88 Å². The fraction of sp³-hybridized carbons (Fsp3) is 0.333. The number of nitrogens with one attached hydrogen (secondary N) is 1. The van der Waals surface area contributed by atoms with Crippen LogP contribution in [-0.2, 0) is 6.54 Å². The quantitative estimate of drug-likeness (QED) is 0.892. The largest absolute Gasteiger partial charge is 0.328 e. The highest BCUT2D eigenvalue weighted by Gasteiger charge is 2.24. The van der Waals surface area contributed by atoms with Crippen LogP contribution in [-0.4, -0.2) is 42.0 Å². The van der Waals surface area contributed by atoms with E-state index in [1.165, 1.54) is 5.56 Å². The summed E-state index contributed by atoms with van der Waals surface area (Å²) in [6.45, 7) is 4.69. The number of amides is 1. The lowest BCUT2D eigenvalue weighted by Gasteiger charge is -2.32. The normalized spacial score (nSPS) is 16.1. The number of carbonyl (C=O) groups excluding carboxylic acids is 1. The minimum Gasteiger partial charge on any atom is -0.328 e. The molecule has 2 aromatic rings. The number of rotatable bonds is 3. The molecule has 0 unspecified atom stereocenters. The molecule has 2 aromatic heterocycles. The molecule has 3 heterocycles. The Kier molecular flexibility index (Phi) is 4.67. The summed E-state index contributed by atoms with van der Waals surface area (Å²) >= 11 is 5.10. The molecular formula is C15H17BrN3OS+. The lowest BCUT2D eigenvalue weighted by molar-refractivity contribution is -0.917. The average Bonchev–Trinajstić information content (AvgIpc) is 3.00. The van der Waals surface area contributed by atoms with Gasteiger partial charge in [-0.15, -0.1) is 0 Å². The van der Waals surface area contributed by atoms with Crippen LogP contribution in [0.2, 0.25) is 0 Å². The Labute approximate surface area is 136 Å². The predicted octanol–water partition coefficient (Wildman–Crippen LogP) is 1.45. The molecule has 6 heteroatoms. The fourth-order valence-corrected chi connectivity index (χ4v) is 3.63. The second-order valence-electron chi connectivity index (χ2n) is 5.24. The van der Waals surface area contributed by atoms with E-state index in [2.05, 4.69) is 37.7 Å². The highest BCUT2D eigenvalue weighted by molar-refractivity contribution is 9.10. The van der Waals surface area contributed by atoms with Crippen molar-refractivity contribution < 1.29 is 9.69 Å². The molecule has 1 saturated heterocycles. The number of hydrogen-bond donors (Lipinski definition) is 1. The van der Waals surface area contributed by atoms with Crippen molar-refractivity contribution in [3.05, 3.63) is 50.9 Å². The maximum absolute atomic E-state index is 12.4. The summed E-state index contributed by atoms with van der Waals surface area (Å²) in [6, 6.07) is 4.02. The fourth-order valence-electron chi connectivity index (χ4n) is 2.60. The van der Waals surface area contributed by atoms with Gasteiger partial charge < -0.3 is 9.80 Å². The molecule has 1 fully saturated rings. The molecule has 21 heavy (non-hydrogen) atoms. The molecule has 0 aliphatic carbocycles. The van der Waals surface area contributed by atoms with Gasteiger partial charge in [0.2, 0.25) is 0 Å². The SMILES string of the molecule is O=C(c1cncc(Br)c1)N1CC[NH+](Cc2ccsc2)CC1. The molecule has 0 saturated carbocycles. The second-order valence-corrected chi connectivity index (χ2v) is 6.94. The third kappa shape index (κ3) is 3.70. The van der Waals surface area contributed by atoms with Gasteiger partial charge in [-0.1, -0.05) is 0 Å². The summed E-state index contributed by atoms with van der Waals surface area (Å²) < 4.78 is 0.843. The summed E-state index contributed by atoms with van der Waals surface area (Å²) in [5.41, 5.74) is 2.05. The van der Waals surface area contributed by atoms with Crippen molar-refractivity contribution in [3.8, 4) is 0 Å². The first kappa shape index (κ1) is 14.7. The first-order valence-electron chi connectivity index (χ1n) is 6.97. The molecule has 0 aromatic carbocycles. The number of thiophene rings is 1. The van der Waals surface area contributed by atoms with Crippen molar-refractivity contribution >= 4 is 33.2 Å². The Hall–Kier alpha value is -1.24. The van der Waals surface area contributed by atoms with Crippen molar-refractivity contribution in [2.75, 3.05) is 26.2 Å². The van der Waals surface area contributed by atoms with E-state index in [0.29, 0.717) is 5.56 Å². The van der Waals surface area contributed by atoms with Crippen LogP contribution < -0.4 is 4.90 Å². The molecule has 1 aliphatic heterocycles. The zero-order valence-corrected chi connectivity index (χ0v) is 14.0. The summed E-state index contributed by atoms with van der Waals surface area (Å²) in [5, 5.41) is 4.33. The molecular weight excluding hydrogens is 350 g/mol. The van der Waals surface area contributed by atoms with Gasteiger partial charge in [-0.2, -0.15) is 11.3 Å². The number of halogens is 1. The Balaban J connectivity index is 1.57. The van der Waals surface area contributed by atoms with Crippen LogP contribution >= 0.6 is 27.3 Å². The van der Waals surface area contributed by atoms with Crippen LogP contribution in [0.1, 0.15) is 15.9 Å². The number of pyridine rings is 1. The maximum atomic E-state index is 12.4. The van der Waals surface area contributed by atoms with Crippen LogP contribution in [0.5, 0.6) is 0 Å². The number of hydrogen-bond acceptors (Lipinski definition) is 3. The molecule has 1 N–H and O–H groups in total. The Bertz CT molecular complexity index is 609. The van der Waals surface area contributed by atoms with Crippen LogP contribution in [0.15, 0.2) is 39.8 Å². The van der Waals surface area contributed by atoms with Gasteiger partial charge in [-0.05, 0) is 38.8 Å². The number of aromatic nitrogens is 1. The Morgan fingerprint density at radius 2 is 2.19 bits per heavy atom. The van der Waals surface area contributed by atoms with Crippen LogP contribution in [0, 0.1) is 0 Å². The minimum atomic E-state index is 0.0818. The summed E-state index contributed by atoms with van der Waals surface area (Å²) in [4.78, 5) is 20.0. The highest BCUT2D eigenvalue weighted by Crippen LogP contribution is 2.12. The molecule has 3 rings (SSSR count). The number of nitrogens with zero attached hydrogens (tertiary/aromatic N) is 2. The second kappa shape index (κ2) is 6.68. The summed E-state index contributed by atoms with van der Waals surface area (Å²) in [6.07, 6.45) is 3.33. The average molecular weight is 367 g/mol. The van der Waals surface area contributed by atoms with E-state index >= 15 is 0 Å². The summed E-state index contributed by atoms with van der Waals surface area (Å²) in [5.74, 6) is 0.0818. The third-order valence-corrected chi connectivity index (χ3v) is 4.91. The van der Waals surface area contributed by atoms with Crippen molar-refractivity contribution in [2.24, 2.45) is 0 Å². The van der Waals surface area contributed by atoms with E-state index in [9.17, 15) is 4.79 Å². The van der Waals surface area contributed by atoms with Gasteiger partial charge in [0, 0.05) is 22.4 Å². The molecule has 0 radical (unpaired) electrons. The molecule has 0 atom stereocenters. The minimum absolute atomic E-state index is 0.0818. The van der Waals surface area contributed by atoms with Crippen LogP contribution in [0.4, 0.5) is 0 Å². The van der Waals surface area contributed by atoms with Crippen LogP contribution in [0.3, 0.4) is 0 Å². The van der Waals surface area contributed by atoms with Gasteiger partial charge in [0.1, 0.15) is 6.54 Å². The molecule has 0 spiro atoms. The number of quaternary nitrogens is 1. The van der Waals surface area contributed by atoms with E-state index in [1.54, 1.807) is 28.6 Å². The number of piperazine rings is 1. The lowest BCUT2D eigenvalue weighted by Crippen LogP contribution is -3.13. The van der Waals surface area contributed by atoms with Crippen LogP contribution in [0.25, 0.3) is 0 Å². The van der Waals surface area contributed by atoms with E-state index in [4.69, 9.17) is 0 Å². The topological polar surface area (TPSA) is 37.6 Å². The van der Waals surface area contributed by atoms with Crippen molar-refractivity contribution in [1.29, 1.82) is 0 Å². The van der Waals surface area contributed by atoms with E-state index < -0.39 is 0 Å². The third-order valence-electron chi connectivity index (χ3n) is 3.74. The van der Waals surface area contributed by atoms with Gasteiger partial charge in [0.15, 0.2) is 0 Å². The van der Waals surface area contributed by atoms with Gasteiger partial charge >= 0.3 is 0 Å². The van der Waals surface area contributed by atoms with E-state index in [0.717, 1.165) is 37.2 Å². The molecule has 0 bridgehead atoms. The first-order valence-corrected chi connectivity index (χ1v) is 8.70. The van der Waals surface area contributed by atoms with Gasteiger partial charge in [0.25, 0.3) is 5.91 Å². The highest BCUT2D eigenvalue weighted by atomic mass is 79.9. The molecule has 4 nitrogen and oxygen atoms in total. The standard InChI is InChI=1S/C15H16BrN3OS/c16-14-7-13(8-17-9-14)15(20)19-4-2-18(3-5-19)10-12-1-6-21-11-12/h1,6-9,11H,2-5,10H2/p+1. The predicted molar refractivity (Wildman–Crippen MR) is 86.6 cm³/mol. The molecule has 110 valence electrons. The van der Waals surface area contributed by atoms with E-state index in [1.807, 2.05) is 11.0 Å². The monoisotopic (exact) mass is 366 g/mol. The smallest absolute Gasteiger partial charge is 0.255 e. The lowest BCUT2D eigenvalue weighted by atomic mass is 10.2. The Morgan fingerprint density at radius 1 is 1.38 bits per heavy atom. The summed E-state index contributed by atoms with van der Waals surface area (Å²) in [7, 11) is 0. The van der Waals surface area contributed by atoms with E-state index in [-0.39, 0.29) is 5.91 Å². The van der Waals surface area contributed by atoms with Gasteiger partial charge in [-0.25, -0.2) is 0 Å². The maximum Gasteiger partial charge on any atom is 0.255 e. The molecule has 1 amide bonds.